The van der Waals surface area contributed by atoms with Gasteiger partial charge in [-0.1, -0.05) is 19.9 Å². The Kier molecular flexibility index (Phi) is 5.79. The van der Waals surface area contributed by atoms with Crippen molar-refractivity contribution in [1.29, 1.82) is 0 Å². The SMILES string of the molecule is COc1ccc(C(NC(=O)c2cc(CC(C)C)nn2C)C2CC(O)C2)cn1. The zero-order valence-corrected chi connectivity index (χ0v) is 16.3. The Morgan fingerprint density at radius 1 is 1.41 bits per heavy atom. The van der Waals surface area contributed by atoms with Gasteiger partial charge in [0.25, 0.3) is 5.91 Å². The molecule has 0 aliphatic heterocycles. The average Bonchev–Trinajstić information content (AvgIpc) is 2.97. The summed E-state index contributed by atoms with van der Waals surface area (Å²) in [5, 5.41) is 17.3. The molecule has 1 aliphatic carbocycles. The number of aryl methyl sites for hydroxylation is 1. The maximum Gasteiger partial charge on any atom is 0.270 e. The summed E-state index contributed by atoms with van der Waals surface area (Å²) in [6, 6.07) is 5.35. The largest absolute Gasteiger partial charge is 0.481 e. The third-order valence-corrected chi connectivity index (χ3v) is 5.02. The van der Waals surface area contributed by atoms with Gasteiger partial charge in [0.1, 0.15) is 5.69 Å². The number of pyridine rings is 1. The molecule has 1 amide bonds. The van der Waals surface area contributed by atoms with Crippen LogP contribution in [-0.4, -0.2) is 39.0 Å². The third-order valence-electron chi connectivity index (χ3n) is 5.02. The highest BCUT2D eigenvalue weighted by atomic mass is 16.5. The first-order chi connectivity index (χ1) is 12.9. The molecule has 146 valence electrons. The molecule has 1 fully saturated rings. The first-order valence-corrected chi connectivity index (χ1v) is 9.39. The van der Waals surface area contributed by atoms with E-state index in [0.717, 1.165) is 17.7 Å². The molecule has 0 radical (unpaired) electrons. The summed E-state index contributed by atoms with van der Waals surface area (Å²) < 4.78 is 6.75. The molecule has 7 heteroatoms. The molecule has 1 atom stereocenters. The second-order valence-corrected chi connectivity index (χ2v) is 7.71. The Balaban J connectivity index is 1.79. The molecule has 2 aromatic heterocycles. The summed E-state index contributed by atoms with van der Waals surface area (Å²) in [4.78, 5) is 17.2. The fourth-order valence-corrected chi connectivity index (χ4v) is 3.54. The number of aliphatic hydroxyl groups excluding tert-OH is 1. The molecule has 2 heterocycles. The number of hydrogen-bond donors (Lipinski definition) is 2. The fraction of sp³-hybridized carbons (Fsp3) is 0.550. The quantitative estimate of drug-likeness (QED) is 0.778. The van der Waals surface area contributed by atoms with Crippen LogP contribution >= 0.6 is 0 Å². The Bertz CT molecular complexity index is 779. The number of aromatic nitrogens is 3. The Hall–Kier alpha value is -2.41. The van der Waals surface area contributed by atoms with Crippen molar-refractivity contribution < 1.29 is 14.6 Å². The summed E-state index contributed by atoms with van der Waals surface area (Å²) in [5.74, 6) is 1.03. The van der Waals surface area contributed by atoms with Gasteiger partial charge in [0, 0.05) is 19.3 Å². The molecule has 27 heavy (non-hydrogen) atoms. The van der Waals surface area contributed by atoms with Crippen LogP contribution < -0.4 is 10.1 Å². The van der Waals surface area contributed by atoms with Crippen molar-refractivity contribution >= 4 is 5.91 Å². The minimum Gasteiger partial charge on any atom is -0.481 e. The lowest BCUT2D eigenvalue weighted by atomic mass is 9.75. The van der Waals surface area contributed by atoms with Crippen LogP contribution in [0, 0.1) is 11.8 Å². The maximum atomic E-state index is 12.9. The zero-order chi connectivity index (χ0) is 19.6. The van der Waals surface area contributed by atoms with Gasteiger partial charge < -0.3 is 15.2 Å². The lowest BCUT2D eigenvalue weighted by molar-refractivity contribution is 0.0233. The minimum atomic E-state index is -0.296. The van der Waals surface area contributed by atoms with E-state index in [4.69, 9.17) is 4.74 Å². The monoisotopic (exact) mass is 372 g/mol. The van der Waals surface area contributed by atoms with Crippen LogP contribution in [0.5, 0.6) is 5.88 Å². The van der Waals surface area contributed by atoms with Gasteiger partial charge in [0.15, 0.2) is 0 Å². The molecule has 0 spiro atoms. The van der Waals surface area contributed by atoms with Crippen LogP contribution in [0.1, 0.15) is 54.5 Å². The van der Waals surface area contributed by atoms with Crippen molar-refractivity contribution in [2.45, 2.75) is 45.3 Å². The van der Waals surface area contributed by atoms with Gasteiger partial charge in [-0.05, 0) is 42.7 Å². The Morgan fingerprint density at radius 2 is 2.15 bits per heavy atom. The van der Waals surface area contributed by atoms with Gasteiger partial charge in [0.05, 0.1) is 24.9 Å². The van der Waals surface area contributed by atoms with Gasteiger partial charge in [-0.15, -0.1) is 0 Å². The zero-order valence-electron chi connectivity index (χ0n) is 16.3. The lowest BCUT2D eigenvalue weighted by Gasteiger charge is -2.38. The highest BCUT2D eigenvalue weighted by molar-refractivity contribution is 5.93. The van der Waals surface area contributed by atoms with Gasteiger partial charge in [-0.2, -0.15) is 5.10 Å². The van der Waals surface area contributed by atoms with E-state index in [0.29, 0.717) is 30.3 Å². The molecule has 1 aliphatic rings. The second kappa shape index (κ2) is 8.08. The fourth-order valence-electron chi connectivity index (χ4n) is 3.54. The van der Waals surface area contributed by atoms with Crippen molar-refractivity contribution in [1.82, 2.24) is 20.1 Å². The highest BCUT2D eigenvalue weighted by Crippen LogP contribution is 2.38. The average molecular weight is 372 g/mol. The molecule has 2 N–H and O–H groups in total. The molecule has 7 nitrogen and oxygen atoms in total. The molecule has 0 bridgehead atoms. The predicted octanol–water partition coefficient (Wildman–Crippen LogP) is 2.26. The first kappa shape index (κ1) is 19.4. The normalized spacial score (nSPS) is 20.2. The van der Waals surface area contributed by atoms with Crippen molar-refractivity contribution in [2.75, 3.05) is 7.11 Å². The number of hydrogen-bond acceptors (Lipinski definition) is 5. The predicted molar refractivity (Wildman–Crippen MR) is 101 cm³/mol. The number of ether oxygens (including phenoxy) is 1. The topological polar surface area (TPSA) is 89.3 Å². The van der Waals surface area contributed by atoms with Gasteiger partial charge in [-0.3, -0.25) is 9.48 Å². The Labute approximate surface area is 159 Å². The van der Waals surface area contributed by atoms with Crippen LogP contribution in [0.3, 0.4) is 0 Å². The van der Waals surface area contributed by atoms with E-state index in [1.54, 1.807) is 31.1 Å². The summed E-state index contributed by atoms with van der Waals surface area (Å²) in [5.41, 5.74) is 2.36. The third kappa shape index (κ3) is 4.47. The van der Waals surface area contributed by atoms with E-state index >= 15 is 0 Å². The van der Waals surface area contributed by atoms with Gasteiger partial charge in [-0.25, -0.2) is 4.98 Å². The number of rotatable bonds is 7. The van der Waals surface area contributed by atoms with Crippen LogP contribution in [-0.2, 0) is 13.5 Å². The van der Waals surface area contributed by atoms with E-state index in [9.17, 15) is 9.90 Å². The minimum absolute atomic E-state index is 0.165. The number of methoxy groups -OCH3 is 1. The van der Waals surface area contributed by atoms with Crippen molar-refractivity contribution in [3.63, 3.8) is 0 Å². The summed E-state index contributed by atoms with van der Waals surface area (Å²) in [6.45, 7) is 4.26. The van der Waals surface area contributed by atoms with E-state index in [-0.39, 0.29) is 24.0 Å². The summed E-state index contributed by atoms with van der Waals surface area (Å²) >= 11 is 0. The van der Waals surface area contributed by atoms with Gasteiger partial charge in [0.2, 0.25) is 5.88 Å². The van der Waals surface area contributed by atoms with E-state index in [1.807, 2.05) is 12.1 Å². The van der Waals surface area contributed by atoms with E-state index in [2.05, 4.69) is 29.2 Å². The number of carbonyl (C=O) groups is 1. The van der Waals surface area contributed by atoms with Crippen molar-refractivity contribution in [3.05, 3.63) is 41.3 Å². The van der Waals surface area contributed by atoms with E-state index < -0.39 is 0 Å². The van der Waals surface area contributed by atoms with Crippen LogP contribution in [0.2, 0.25) is 0 Å². The second-order valence-electron chi connectivity index (χ2n) is 7.71. The van der Waals surface area contributed by atoms with Crippen molar-refractivity contribution in [2.24, 2.45) is 18.9 Å². The van der Waals surface area contributed by atoms with Crippen LogP contribution in [0.25, 0.3) is 0 Å². The molecule has 3 rings (SSSR count). The molecule has 1 saturated carbocycles. The molecule has 2 aromatic rings. The summed E-state index contributed by atoms with van der Waals surface area (Å²) in [7, 11) is 3.36. The Morgan fingerprint density at radius 3 is 2.70 bits per heavy atom. The smallest absolute Gasteiger partial charge is 0.270 e. The van der Waals surface area contributed by atoms with Crippen molar-refractivity contribution in [3.8, 4) is 5.88 Å². The first-order valence-electron chi connectivity index (χ1n) is 9.39. The van der Waals surface area contributed by atoms with Crippen LogP contribution in [0.4, 0.5) is 0 Å². The highest BCUT2D eigenvalue weighted by Gasteiger charge is 2.36. The maximum absolute atomic E-state index is 12.9. The lowest BCUT2D eigenvalue weighted by Crippen LogP contribution is -2.41. The molecule has 0 aromatic carbocycles. The standard InChI is InChI=1S/C20H28N4O3/c1-12(2)7-15-10-17(24(3)23-15)20(26)22-19(14-8-16(25)9-14)13-5-6-18(27-4)21-11-13/h5-6,10-12,14,16,19,25H,7-9H2,1-4H3,(H,22,26). The molecule has 0 saturated heterocycles. The van der Waals surface area contributed by atoms with E-state index in [1.165, 1.54) is 0 Å². The molecular weight excluding hydrogens is 344 g/mol. The van der Waals surface area contributed by atoms with Crippen LogP contribution in [0.15, 0.2) is 24.4 Å². The number of nitrogens with zero attached hydrogens (tertiary/aromatic N) is 3. The number of aliphatic hydroxyl groups is 1. The number of amides is 1. The number of nitrogens with one attached hydrogen (secondary N) is 1. The van der Waals surface area contributed by atoms with Gasteiger partial charge >= 0.3 is 0 Å². The number of carbonyl (C=O) groups excluding carboxylic acids is 1. The molecule has 1 unspecified atom stereocenters. The molecular formula is C20H28N4O3. The summed E-state index contributed by atoms with van der Waals surface area (Å²) in [6.07, 6.45) is 3.60.